The fourth-order valence-electron chi connectivity index (χ4n) is 13.3. The van der Waals surface area contributed by atoms with E-state index in [-0.39, 0.29) is 70.7 Å². The Balaban J connectivity index is 0.000000256. The molecular weight excluding hydrogens is 1360 g/mol. The number of carbonyl (C=O) groups is 6. The van der Waals surface area contributed by atoms with Crippen LogP contribution >= 0.6 is 42.4 Å². The molecule has 2 aromatic heterocycles. The molecule has 14 atom stereocenters. The van der Waals surface area contributed by atoms with Gasteiger partial charge in [-0.1, -0.05) is 145 Å². The predicted molar refractivity (Wildman–Crippen MR) is 403 cm³/mol. The molecule has 20 nitrogen and oxygen atoms in total. The molecule has 556 valence electrons. The van der Waals surface area contributed by atoms with Gasteiger partial charge in [0.1, 0.15) is 23.8 Å². The molecule has 8 rings (SSSR count). The van der Waals surface area contributed by atoms with Crippen LogP contribution in [0.25, 0.3) is 22.6 Å². The highest BCUT2D eigenvalue weighted by atomic mass is 32.2. The quantitative estimate of drug-likeness (QED) is 0.0118. The Hall–Kier alpha value is -5.55. The van der Waals surface area contributed by atoms with Gasteiger partial charge >= 0.3 is 11.9 Å². The van der Waals surface area contributed by atoms with Crippen LogP contribution in [0.15, 0.2) is 87.7 Å². The molecule has 0 spiro atoms. The second-order valence-electron chi connectivity index (χ2n) is 29.5. The number of cyclic esters (lactones) is 2. The van der Waals surface area contributed by atoms with E-state index in [0.29, 0.717) is 64.5 Å². The summed E-state index contributed by atoms with van der Waals surface area (Å²) in [6.07, 6.45) is 6.45. The number of ketones is 2. The maximum Gasteiger partial charge on any atom is 0.309 e. The number of hydrogen-bond acceptors (Lipinski definition) is 20. The van der Waals surface area contributed by atoms with Crippen molar-refractivity contribution in [2.75, 3.05) is 18.6 Å². The molecular formula is C77H111N6O14PS3. The Morgan fingerprint density at radius 1 is 0.663 bits per heavy atom. The molecule has 2 aromatic carbocycles. The molecule has 4 aromatic rings. The molecule has 101 heavy (non-hydrogen) atoms. The topological polar surface area (TPSA) is 313 Å². The Morgan fingerprint density at radius 2 is 1.08 bits per heavy atom. The maximum absolute atomic E-state index is 13.9. The summed E-state index contributed by atoms with van der Waals surface area (Å²) in [5, 5.41) is 60.0. The van der Waals surface area contributed by atoms with Gasteiger partial charge in [-0.15, -0.1) is 22.7 Å². The number of aromatic nitrogens is 2. The number of hydrogen-bond donors (Lipinski definition) is 5. The zero-order chi connectivity index (χ0) is 74.4. The first-order chi connectivity index (χ1) is 47.7. The number of thioether (sulfide) groups is 1. The smallest absolute Gasteiger partial charge is 0.309 e. The highest BCUT2D eigenvalue weighted by Crippen LogP contribution is 2.47. The number of aliphatic hydroxyl groups excluding tert-OH is 4. The van der Waals surface area contributed by atoms with Gasteiger partial charge < -0.3 is 44.7 Å². The summed E-state index contributed by atoms with van der Waals surface area (Å²) in [7, 11) is -0.441. The first-order valence-corrected chi connectivity index (χ1v) is 40.0. The number of esters is 2. The van der Waals surface area contributed by atoms with Crippen LogP contribution in [0.4, 0.5) is 0 Å². The van der Waals surface area contributed by atoms with Crippen LogP contribution in [-0.2, 0) is 47.7 Å². The average Bonchev–Trinajstić information content (AvgIpc) is 1.65. The largest absolute Gasteiger partial charge is 0.458 e. The lowest BCUT2D eigenvalue weighted by molar-refractivity contribution is -0.156. The number of ether oxygens (including phenoxy) is 4. The summed E-state index contributed by atoms with van der Waals surface area (Å²) >= 11 is 4.52. The Morgan fingerprint density at radius 3 is 1.46 bits per heavy atom. The highest BCUT2D eigenvalue weighted by molar-refractivity contribution is 8.18. The van der Waals surface area contributed by atoms with E-state index >= 15 is 0 Å². The van der Waals surface area contributed by atoms with Crippen LogP contribution in [-0.4, -0.2) is 144 Å². The van der Waals surface area contributed by atoms with E-state index in [1.54, 1.807) is 57.3 Å². The number of unbranched alkanes of at least 4 members (excludes halogenated alkanes) is 2. The zero-order valence-corrected chi connectivity index (χ0v) is 65.1. The van der Waals surface area contributed by atoms with Gasteiger partial charge in [0.05, 0.1) is 92.9 Å². The van der Waals surface area contributed by atoms with E-state index in [4.69, 9.17) is 24.5 Å². The maximum atomic E-state index is 13.9. The summed E-state index contributed by atoms with van der Waals surface area (Å²) in [6, 6.07) is 20.9. The second-order valence-corrected chi connectivity index (χ2v) is 35.4. The SMILES string of the molecule is C/C(=C\c1csc(C)n1)[C@@H]1C[C@@H]2OC2(C)CCC[C@H](C)[C@H](O)[C@@H](CCCCN=[N+]=[N-])C(=O)C(C)(C)[C@@H](O)CC(=O)O1.CC(=O)NCCCC[C@H]1C(=O)C(C)(C)[C@@H](O)CC(=O)O[C@H](/C(C)=C/c2csc(C)n2)C[C@@H]2OC2(C)CCC[C@H](C)[C@@H]1O.CC(=O)SCP(c1ccccc1)c1ccccc1. The van der Waals surface area contributed by atoms with Gasteiger partial charge in [0.2, 0.25) is 5.91 Å². The second kappa shape index (κ2) is 39.5. The van der Waals surface area contributed by atoms with Gasteiger partial charge in [-0.3, -0.25) is 28.8 Å². The van der Waals surface area contributed by atoms with E-state index in [0.717, 1.165) is 76.6 Å². The van der Waals surface area contributed by atoms with Crippen molar-refractivity contribution < 1.29 is 68.1 Å². The third kappa shape index (κ3) is 25.9. The summed E-state index contributed by atoms with van der Waals surface area (Å²) in [5.41, 5.74) is 9.44. The third-order valence-corrected chi connectivity index (χ3v) is 25.8. The summed E-state index contributed by atoms with van der Waals surface area (Å²) < 4.78 is 24.1. The zero-order valence-electron chi connectivity index (χ0n) is 61.7. The predicted octanol–water partition coefficient (Wildman–Crippen LogP) is 14.1. The van der Waals surface area contributed by atoms with Gasteiger partial charge in [0, 0.05) is 72.8 Å². The van der Waals surface area contributed by atoms with Crippen LogP contribution in [0.5, 0.6) is 0 Å². The van der Waals surface area contributed by atoms with Crippen LogP contribution in [0.2, 0.25) is 0 Å². The van der Waals surface area contributed by atoms with E-state index in [1.807, 2.05) is 76.6 Å². The Kier molecular flexibility index (Phi) is 33.0. The molecule has 4 aliphatic heterocycles. The standard InChI is InChI=1S/C32H50N2O7S.C30H46N4O6S.C15H15OPS/c1-19-11-10-13-32(7)27(41-32)16-25(20(2)15-23-18-42-22(4)34-23)40-28(37)17-26(36)31(5,6)30(39)24(29(19)38)12-8-9-14-33-21(3)35;1-18-10-9-12-30(6)25(40-30)15-23(19(2)14-21-17-41-20(3)33-21)39-26(36)16-24(35)29(4,5)28(38)22(27(18)37)11-7-8-13-32-34-31;1-13(16)18-12-17(14-8-4-2-5-9-14)15-10-6-3-7-11-15/h15,18-19,24-27,29,36,38H,8-14,16-17H2,1-7H3,(H,33,35);14,17-18,22-25,27,35,37H,7-13,15-16H2,1-6H3;2-11H,12H2,1H3/b20-15+;19-14+;/t19-,24+,25-,26-,27-,29-,32?;18-,22+,23-,24-,25-,27-,30?;/m00./s1. The number of rotatable bonds is 18. The van der Waals surface area contributed by atoms with Crippen molar-refractivity contribution in [2.24, 2.45) is 39.6 Å². The highest BCUT2D eigenvalue weighted by Gasteiger charge is 2.55. The van der Waals surface area contributed by atoms with Crippen molar-refractivity contribution in [3.63, 3.8) is 0 Å². The molecule has 4 fully saturated rings. The van der Waals surface area contributed by atoms with Gasteiger partial charge in [0.15, 0.2) is 5.12 Å². The number of Topliss-reactive ketones (excluding diaryl/α,β-unsaturated/α-hetero) is 2. The molecule has 5 N–H and O–H groups in total. The lowest BCUT2D eigenvalue weighted by atomic mass is 9.71. The van der Waals surface area contributed by atoms with E-state index in [1.165, 1.54) is 29.3 Å². The molecule has 6 heterocycles. The van der Waals surface area contributed by atoms with Gasteiger partial charge in [-0.25, -0.2) is 9.97 Å². The fourth-order valence-corrected chi connectivity index (χ4v) is 18.3. The summed E-state index contributed by atoms with van der Waals surface area (Å²) in [5.74, 6) is -3.55. The minimum Gasteiger partial charge on any atom is -0.458 e. The third-order valence-electron chi connectivity index (χ3n) is 20.4. The van der Waals surface area contributed by atoms with Crippen LogP contribution in [0.1, 0.15) is 207 Å². The van der Waals surface area contributed by atoms with Crippen molar-refractivity contribution in [2.45, 2.75) is 260 Å². The normalized spacial score (nSPS) is 29.2. The molecule has 0 radical (unpaired) electrons. The monoisotopic (exact) mass is 1470 g/mol. The number of azide groups is 1. The van der Waals surface area contributed by atoms with Crippen molar-refractivity contribution in [1.82, 2.24) is 15.3 Å². The molecule has 0 saturated carbocycles. The first-order valence-electron chi connectivity index (χ1n) is 35.7. The molecule has 24 heteroatoms. The number of carbonyl (C=O) groups excluding carboxylic acids is 6. The van der Waals surface area contributed by atoms with Crippen molar-refractivity contribution in [3.8, 4) is 0 Å². The van der Waals surface area contributed by atoms with E-state index < -0.39 is 79.1 Å². The van der Waals surface area contributed by atoms with Crippen molar-refractivity contribution >= 4 is 99.6 Å². The lowest BCUT2D eigenvalue weighted by Crippen LogP contribution is -2.46. The molecule has 0 bridgehead atoms. The summed E-state index contributed by atoms with van der Waals surface area (Å²) in [6.45, 7) is 26.2. The van der Waals surface area contributed by atoms with Crippen LogP contribution in [0, 0.1) is 48.3 Å². The number of thiazole rings is 2. The fraction of sp³-hybridized carbons (Fsp3) is 0.636. The molecule has 0 aliphatic carbocycles. The minimum absolute atomic E-state index is 0.0803. The number of benzene rings is 2. The average molecular weight is 1470 g/mol. The number of aliphatic hydroxyl groups is 4. The van der Waals surface area contributed by atoms with E-state index in [2.05, 4.69) is 87.7 Å². The number of epoxide rings is 2. The Bertz CT molecular complexity index is 3430. The van der Waals surface area contributed by atoms with Gasteiger partial charge in [-0.05, 0) is 152 Å². The minimum atomic E-state index is -1.29. The number of fused-ring (bicyclic) bond motifs is 2. The van der Waals surface area contributed by atoms with Gasteiger partial charge in [-0.2, -0.15) is 0 Å². The van der Waals surface area contributed by atoms with Gasteiger partial charge in [0.25, 0.3) is 0 Å². The Labute approximate surface area is 611 Å². The molecule has 2 unspecified atom stereocenters. The van der Waals surface area contributed by atoms with Crippen molar-refractivity contribution in [3.05, 3.63) is 114 Å². The first kappa shape index (κ1) is 84.4. The van der Waals surface area contributed by atoms with E-state index in [9.17, 15) is 49.2 Å². The van der Waals surface area contributed by atoms with Crippen molar-refractivity contribution in [1.29, 1.82) is 0 Å². The summed E-state index contributed by atoms with van der Waals surface area (Å²) in [4.78, 5) is 88.3. The molecule has 4 aliphatic rings. The number of nitrogens with one attached hydrogen (secondary N) is 1. The number of amides is 1. The lowest BCUT2D eigenvalue weighted by Gasteiger charge is -2.36. The van der Waals surface area contributed by atoms with Crippen LogP contribution in [0.3, 0.4) is 0 Å². The molecule has 4 saturated heterocycles. The number of nitrogens with zero attached hydrogens (tertiary/aromatic N) is 5. The number of aryl methyl sites for hydroxylation is 2. The van der Waals surface area contributed by atoms with Crippen LogP contribution < -0.4 is 15.9 Å². The molecule has 1 amide bonds.